The van der Waals surface area contributed by atoms with Crippen LogP contribution in [0.3, 0.4) is 0 Å². The van der Waals surface area contributed by atoms with E-state index in [1.54, 1.807) is 10.7 Å². The van der Waals surface area contributed by atoms with E-state index >= 15 is 0 Å². The number of nitrogens with zero attached hydrogens (tertiary/aromatic N) is 5. The number of aliphatic hydroxyl groups is 1. The molecule has 2 N–H and O–H groups in total. The molecule has 4 aromatic rings. The Balaban J connectivity index is 1.52. The molecule has 6 rings (SSSR count). The molecule has 0 aliphatic carbocycles. The van der Waals surface area contributed by atoms with Crippen LogP contribution in [0.1, 0.15) is 35.9 Å². The van der Waals surface area contributed by atoms with Crippen LogP contribution in [0.25, 0.3) is 27.8 Å². The Kier molecular flexibility index (Phi) is 7.37. The Morgan fingerprint density at radius 1 is 1.00 bits per heavy atom. The molecule has 2 fully saturated rings. The van der Waals surface area contributed by atoms with Crippen molar-refractivity contribution in [1.82, 2.24) is 19.5 Å². The molecule has 2 saturated heterocycles. The van der Waals surface area contributed by atoms with E-state index in [9.17, 15) is 18.3 Å². The number of carbonyl (C=O) groups excluding carboxylic acids is 1. The number of sulfonamides is 1. The first-order valence-corrected chi connectivity index (χ1v) is 15.9. The van der Waals surface area contributed by atoms with Crippen LogP contribution >= 0.6 is 0 Å². The van der Waals surface area contributed by atoms with Gasteiger partial charge in [0.1, 0.15) is 5.69 Å². The number of aliphatic hydroxyl groups excluding tert-OH is 1. The number of fused-ring (bicyclic) bond motifs is 1. The summed E-state index contributed by atoms with van der Waals surface area (Å²) in [6.45, 7) is 8.21. The molecule has 220 valence electrons. The van der Waals surface area contributed by atoms with Crippen molar-refractivity contribution in [1.29, 1.82) is 0 Å². The van der Waals surface area contributed by atoms with E-state index in [0.717, 1.165) is 58.6 Å². The first-order chi connectivity index (χ1) is 20.1. The molecule has 2 aliphatic rings. The zero-order valence-corrected chi connectivity index (χ0v) is 24.6. The second kappa shape index (κ2) is 11.0. The molecule has 11 nitrogen and oxygen atoms in total. The molecule has 1 amide bonds. The van der Waals surface area contributed by atoms with Crippen molar-refractivity contribution in [3.8, 4) is 16.8 Å². The number of aromatic nitrogens is 3. The van der Waals surface area contributed by atoms with Gasteiger partial charge in [-0.1, -0.05) is 32.0 Å². The van der Waals surface area contributed by atoms with Gasteiger partial charge in [0.2, 0.25) is 10.0 Å². The zero-order valence-electron chi connectivity index (χ0n) is 23.8. The van der Waals surface area contributed by atoms with Gasteiger partial charge in [-0.2, -0.15) is 5.10 Å². The van der Waals surface area contributed by atoms with Crippen LogP contribution in [0.2, 0.25) is 0 Å². The number of rotatable bonds is 7. The maximum atomic E-state index is 13.1. The number of morpholine rings is 1. The third kappa shape index (κ3) is 5.57. The summed E-state index contributed by atoms with van der Waals surface area (Å²) in [5.74, 6) is -0.779. The van der Waals surface area contributed by atoms with E-state index in [1.165, 1.54) is 0 Å². The quantitative estimate of drug-likeness (QED) is 0.334. The van der Waals surface area contributed by atoms with E-state index in [4.69, 9.17) is 9.84 Å². The third-order valence-electron chi connectivity index (χ3n) is 7.58. The van der Waals surface area contributed by atoms with Crippen molar-refractivity contribution in [3.05, 3.63) is 66.0 Å². The predicted octanol–water partition coefficient (Wildman–Crippen LogP) is 2.92. The Morgan fingerprint density at radius 2 is 1.69 bits per heavy atom. The Morgan fingerprint density at radius 3 is 2.33 bits per heavy atom. The average molecular weight is 591 g/mol. The lowest BCUT2D eigenvalue weighted by Gasteiger charge is -2.38. The molecule has 2 aromatic carbocycles. The first kappa shape index (κ1) is 28.1. The van der Waals surface area contributed by atoms with Gasteiger partial charge >= 0.3 is 0 Å². The van der Waals surface area contributed by atoms with E-state index in [0.29, 0.717) is 32.0 Å². The van der Waals surface area contributed by atoms with E-state index in [-0.39, 0.29) is 17.7 Å². The molecule has 42 heavy (non-hydrogen) atoms. The number of nitrogens with one attached hydrogen (secondary N) is 1. The molecular weight excluding hydrogens is 556 g/mol. The molecule has 0 unspecified atom stereocenters. The number of β-amino-alcohol motifs (C(OH)–C–C–N with tert-alkyl or cyclic N) is 1. The number of hydrogen-bond donors (Lipinski definition) is 2. The smallest absolute Gasteiger partial charge is 0.283 e. The molecular formula is C30H34N6O5S. The summed E-state index contributed by atoms with van der Waals surface area (Å²) in [7, 11) is -3.81. The molecule has 2 aromatic heterocycles. The van der Waals surface area contributed by atoms with Crippen molar-refractivity contribution in [3.63, 3.8) is 0 Å². The molecule has 0 bridgehead atoms. The molecule has 0 atom stereocenters. The predicted molar refractivity (Wildman–Crippen MR) is 162 cm³/mol. The minimum absolute atomic E-state index is 0.0290. The number of carbonyl (C=O) groups is 1. The Labute approximate surface area is 244 Å². The highest BCUT2D eigenvalue weighted by Gasteiger charge is 2.27. The Hall–Kier alpha value is -4.00. The van der Waals surface area contributed by atoms with Gasteiger partial charge in [0.05, 0.1) is 42.3 Å². The van der Waals surface area contributed by atoms with Gasteiger partial charge in [-0.15, -0.1) is 0 Å². The van der Waals surface area contributed by atoms with Crippen molar-refractivity contribution in [2.75, 3.05) is 55.4 Å². The van der Waals surface area contributed by atoms with E-state index in [2.05, 4.69) is 33.4 Å². The molecule has 0 saturated carbocycles. The van der Waals surface area contributed by atoms with Gasteiger partial charge < -0.3 is 19.6 Å². The fourth-order valence-corrected chi connectivity index (χ4v) is 5.89. The highest BCUT2D eigenvalue weighted by atomic mass is 32.2. The van der Waals surface area contributed by atoms with Gasteiger partial charge in [-0.3, -0.25) is 4.79 Å². The van der Waals surface area contributed by atoms with E-state index in [1.807, 2.05) is 48.5 Å². The maximum absolute atomic E-state index is 13.1. The lowest BCUT2D eigenvalue weighted by Crippen LogP contribution is -2.50. The zero-order chi connectivity index (χ0) is 29.6. The number of pyridine rings is 1. The fraction of sp³-hybridized carbons (Fsp3) is 0.367. The van der Waals surface area contributed by atoms with Crippen LogP contribution < -0.4 is 14.5 Å². The summed E-state index contributed by atoms with van der Waals surface area (Å²) in [5.41, 5.74) is 5.60. The molecule has 4 heterocycles. The molecule has 0 radical (unpaired) electrons. The lowest BCUT2D eigenvalue weighted by molar-refractivity contribution is 0.0977. The van der Waals surface area contributed by atoms with Gasteiger partial charge in [0.25, 0.3) is 5.91 Å². The summed E-state index contributed by atoms with van der Waals surface area (Å²) in [6, 6.07) is 17.5. The van der Waals surface area contributed by atoms with Gasteiger partial charge in [-0.05, 0) is 53.4 Å². The van der Waals surface area contributed by atoms with Crippen molar-refractivity contribution in [2.45, 2.75) is 25.9 Å². The SMILES string of the molecule is CC(C)c1nn(-c2cccc(N3CC(O)C3)c2)c2nc(C(=O)NS(C)(=O)=O)cc(-c3ccc(N4CCOCC4)cc3)c12. The number of anilines is 2. The fourth-order valence-electron chi connectivity index (χ4n) is 5.45. The largest absolute Gasteiger partial charge is 0.389 e. The van der Waals surface area contributed by atoms with Crippen LogP contribution in [0, 0.1) is 0 Å². The maximum Gasteiger partial charge on any atom is 0.283 e. The summed E-state index contributed by atoms with van der Waals surface area (Å²) in [6.07, 6.45) is 0.593. The minimum atomic E-state index is -3.81. The van der Waals surface area contributed by atoms with E-state index < -0.39 is 15.9 Å². The summed E-state index contributed by atoms with van der Waals surface area (Å²) < 4.78 is 33.2. The average Bonchev–Trinajstić information content (AvgIpc) is 3.35. The van der Waals surface area contributed by atoms with Crippen molar-refractivity contribution < 1.29 is 23.1 Å². The number of amides is 1. The molecule has 2 aliphatic heterocycles. The van der Waals surface area contributed by atoms with Crippen LogP contribution in [0.5, 0.6) is 0 Å². The van der Waals surface area contributed by atoms with Crippen LogP contribution in [-0.2, 0) is 14.8 Å². The van der Waals surface area contributed by atoms with Gasteiger partial charge in [-0.25, -0.2) is 22.8 Å². The van der Waals surface area contributed by atoms with Gasteiger partial charge in [0, 0.05) is 37.6 Å². The topological polar surface area (TPSA) is 130 Å². The summed E-state index contributed by atoms with van der Waals surface area (Å²) in [5, 5.41) is 15.6. The van der Waals surface area contributed by atoms with Crippen molar-refractivity contribution in [2.24, 2.45) is 0 Å². The number of benzene rings is 2. The standard InChI is InChI=1S/C30H34N6O5S/c1-19(2)28-27-25(20-7-9-21(10-8-20)34-11-13-41-14-12-34)16-26(30(38)33-42(3,39)40)31-29(27)36(32-28)23-6-4-5-22(15-23)35-17-24(37)18-35/h4-10,15-16,19,24,37H,11-14,17-18H2,1-3H3,(H,33,38). The normalized spacial score (nSPS) is 16.2. The van der Waals surface area contributed by atoms with Crippen LogP contribution in [0.15, 0.2) is 54.6 Å². The first-order valence-electron chi connectivity index (χ1n) is 14.0. The summed E-state index contributed by atoms with van der Waals surface area (Å²) >= 11 is 0. The second-order valence-electron chi connectivity index (χ2n) is 11.1. The van der Waals surface area contributed by atoms with Crippen LogP contribution in [0.4, 0.5) is 11.4 Å². The highest BCUT2D eigenvalue weighted by molar-refractivity contribution is 7.89. The van der Waals surface area contributed by atoms with Crippen LogP contribution in [-0.4, -0.2) is 85.9 Å². The van der Waals surface area contributed by atoms with Crippen molar-refractivity contribution >= 4 is 38.3 Å². The monoisotopic (exact) mass is 590 g/mol. The van der Waals surface area contributed by atoms with Gasteiger partial charge in [0.15, 0.2) is 5.65 Å². The molecule has 12 heteroatoms. The summed E-state index contributed by atoms with van der Waals surface area (Å²) in [4.78, 5) is 22.1. The number of ether oxygens (including phenoxy) is 1. The lowest BCUT2D eigenvalue weighted by atomic mass is 9.97. The second-order valence-corrected chi connectivity index (χ2v) is 12.9. The number of hydrogen-bond acceptors (Lipinski definition) is 9. The minimum Gasteiger partial charge on any atom is -0.389 e. The third-order valence-corrected chi connectivity index (χ3v) is 8.13. The highest BCUT2D eigenvalue weighted by Crippen LogP contribution is 2.37. The Bertz CT molecular complexity index is 1740. The molecule has 0 spiro atoms.